The average Bonchev–Trinajstić information content (AvgIpc) is 3.21. The van der Waals surface area contributed by atoms with E-state index in [1.54, 1.807) is 4.90 Å². The zero-order valence-electron chi connectivity index (χ0n) is 11.8. The largest absolute Gasteiger partial charge is 0.442 e. The van der Waals surface area contributed by atoms with Crippen LogP contribution in [0, 0.1) is 0 Å². The van der Waals surface area contributed by atoms with E-state index in [1.807, 2.05) is 0 Å². The highest BCUT2D eigenvalue weighted by atomic mass is 16.6. The van der Waals surface area contributed by atoms with Crippen molar-refractivity contribution < 1.29 is 14.3 Å². The van der Waals surface area contributed by atoms with E-state index in [1.165, 1.54) is 19.3 Å². The molecule has 0 aromatic carbocycles. The molecule has 1 atom stereocenters. The Kier molecular flexibility index (Phi) is 3.98. The van der Waals surface area contributed by atoms with Gasteiger partial charge < -0.3 is 20.3 Å². The van der Waals surface area contributed by atoms with Crippen LogP contribution in [0.25, 0.3) is 0 Å². The first kappa shape index (κ1) is 13.5. The number of ether oxygens (including phenoxy) is 1. The highest BCUT2D eigenvalue weighted by molar-refractivity contribution is 5.74. The number of cyclic esters (lactones) is 1. The van der Waals surface area contributed by atoms with E-state index >= 15 is 0 Å². The highest BCUT2D eigenvalue weighted by Crippen LogP contribution is 2.30. The van der Waals surface area contributed by atoms with Gasteiger partial charge in [0.15, 0.2) is 0 Å². The second-order valence-corrected chi connectivity index (χ2v) is 6.08. The Hall–Kier alpha value is -1.46. The molecule has 1 aliphatic heterocycles. The average molecular weight is 281 g/mol. The SMILES string of the molecule is O=C(NCC1CN(C2CC2)C(=O)O1)NC1CCCCC1. The Morgan fingerprint density at radius 2 is 1.95 bits per heavy atom. The molecule has 3 aliphatic rings. The van der Waals surface area contributed by atoms with Crippen LogP contribution in [0.15, 0.2) is 0 Å². The van der Waals surface area contributed by atoms with Crippen molar-refractivity contribution in [1.82, 2.24) is 15.5 Å². The summed E-state index contributed by atoms with van der Waals surface area (Å²) >= 11 is 0. The van der Waals surface area contributed by atoms with E-state index < -0.39 is 0 Å². The van der Waals surface area contributed by atoms with Gasteiger partial charge in [0.1, 0.15) is 6.10 Å². The molecule has 3 amide bonds. The zero-order chi connectivity index (χ0) is 13.9. The maximum absolute atomic E-state index is 11.8. The molecule has 1 unspecified atom stereocenters. The Morgan fingerprint density at radius 1 is 1.20 bits per heavy atom. The number of urea groups is 1. The highest BCUT2D eigenvalue weighted by Gasteiger charge is 2.40. The maximum Gasteiger partial charge on any atom is 0.410 e. The molecular formula is C14H23N3O3. The van der Waals surface area contributed by atoms with Crippen molar-refractivity contribution in [3.63, 3.8) is 0 Å². The smallest absolute Gasteiger partial charge is 0.410 e. The lowest BCUT2D eigenvalue weighted by molar-refractivity contribution is 0.131. The summed E-state index contributed by atoms with van der Waals surface area (Å²) in [5, 5.41) is 5.81. The molecule has 112 valence electrons. The van der Waals surface area contributed by atoms with E-state index in [2.05, 4.69) is 10.6 Å². The van der Waals surface area contributed by atoms with Crippen LogP contribution in [0.3, 0.4) is 0 Å². The summed E-state index contributed by atoms with van der Waals surface area (Å²) in [6, 6.07) is 0.541. The molecule has 0 aromatic rings. The molecule has 2 aliphatic carbocycles. The molecule has 3 fully saturated rings. The number of amides is 3. The van der Waals surface area contributed by atoms with Crippen LogP contribution in [-0.4, -0.2) is 48.3 Å². The molecule has 20 heavy (non-hydrogen) atoms. The quantitative estimate of drug-likeness (QED) is 0.822. The lowest BCUT2D eigenvalue weighted by Gasteiger charge is -2.23. The van der Waals surface area contributed by atoms with E-state index in [0.29, 0.717) is 25.2 Å². The third-order valence-corrected chi connectivity index (χ3v) is 4.32. The molecule has 0 aromatic heterocycles. The van der Waals surface area contributed by atoms with Gasteiger partial charge in [0.05, 0.1) is 13.1 Å². The number of carbonyl (C=O) groups is 2. The third kappa shape index (κ3) is 3.35. The lowest BCUT2D eigenvalue weighted by Crippen LogP contribution is -2.45. The van der Waals surface area contributed by atoms with Gasteiger partial charge in [0, 0.05) is 12.1 Å². The number of nitrogens with zero attached hydrogens (tertiary/aromatic N) is 1. The van der Waals surface area contributed by atoms with E-state index in [9.17, 15) is 9.59 Å². The summed E-state index contributed by atoms with van der Waals surface area (Å²) in [5.74, 6) is 0. The summed E-state index contributed by atoms with van der Waals surface area (Å²) in [4.78, 5) is 25.2. The van der Waals surface area contributed by atoms with Gasteiger partial charge in [-0.2, -0.15) is 0 Å². The number of hydrogen-bond acceptors (Lipinski definition) is 3. The minimum Gasteiger partial charge on any atom is -0.442 e. The van der Waals surface area contributed by atoms with Crippen molar-refractivity contribution >= 4 is 12.1 Å². The zero-order valence-corrected chi connectivity index (χ0v) is 11.8. The number of rotatable bonds is 4. The van der Waals surface area contributed by atoms with E-state index in [4.69, 9.17) is 4.74 Å². The Morgan fingerprint density at radius 3 is 2.65 bits per heavy atom. The molecule has 1 saturated heterocycles. The van der Waals surface area contributed by atoms with Crippen molar-refractivity contribution in [2.24, 2.45) is 0 Å². The van der Waals surface area contributed by atoms with Crippen LogP contribution in [-0.2, 0) is 4.74 Å². The van der Waals surface area contributed by atoms with Crippen molar-refractivity contribution in [3.05, 3.63) is 0 Å². The predicted octanol–water partition coefficient (Wildman–Crippen LogP) is 1.60. The van der Waals surface area contributed by atoms with E-state index in [0.717, 1.165) is 25.7 Å². The van der Waals surface area contributed by atoms with Crippen LogP contribution in [0.2, 0.25) is 0 Å². The minimum atomic E-state index is -0.230. The molecule has 0 radical (unpaired) electrons. The summed E-state index contributed by atoms with van der Waals surface area (Å²) in [7, 11) is 0. The third-order valence-electron chi connectivity index (χ3n) is 4.32. The Labute approximate surface area is 119 Å². The van der Waals surface area contributed by atoms with Crippen LogP contribution < -0.4 is 10.6 Å². The monoisotopic (exact) mass is 281 g/mol. The molecule has 2 saturated carbocycles. The fourth-order valence-electron chi connectivity index (χ4n) is 3.02. The van der Waals surface area contributed by atoms with Gasteiger partial charge in [-0.05, 0) is 25.7 Å². The first-order valence-electron chi connectivity index (χ1n) is 7.74. The first-order chi connectivity index (χ1) is 9.72. The molecule has 1 heterocycles. The topological polar surface area (TPSA) is 70.7 Å². The molecule has 6 nitrogen and oxygen atoms in total. The fraction of sp³-hybridized carbons (Fsp3) is 0.857. The van der Waals surface area contributed by atoms with Gasteiger partial charge in [-0.25, -0.2) is 9.59 Å². The van der Waals surface area contributed by atoms with Crippen molar-refractivity contribution in [2.45, 2.75) is 63.1 Å². The van der Waals surface area contributed by atoms with Crippen molar-refractivity contribution in [1.29, 1.82) is 0 Å². The van der Waals surface area contributed by atoms with Gasteiger partial charge in [-0.1, -0.05) is 19.3 Å². The first-order valence-corrected chi connectivity index (χ1v) is 7.74. The predicted molar refractivity (Wildman–Crippen MR) is 73.4 cm³/mol. The van der Waals surface area contributed by atoms with Gasteiger partial charge in [-0.15, -0.1) is 0 Å². The Balaban J connectivity index is 1.36. The molecule has 6 heteroatoms. The van der Waals surface area contributed by atoms with Crippen LogP contribution in [0.5, 0.6) is 0 Å². The van der Waals surface area contributed by atoms with Crippen molar-refractivity contribution in [3.8, 4) is 0 Å². The van der Waals surface area contributed by atoms with Gasteiger partial charge in [-0.3, -0.25) is 0 Å². The maximum atomic E-state index is 11.8. The van der Waals surface area contributed by atoms with Gasteiger partial charge >= 0.3 is 12.1 Å². The van der Waals surface area contributed by atoms with E-state index in [-0.39, 0.29) is 18.2 Å². The fourth-order valence-corrected chi connectivity index (χ4v) is 3.02. The number of nitrogens with one attached hydrogen (secondary N) is 2. The summed E-state index contributed by atoms with van der Waals surface area (Å²) in [6.45, 7) is 1.00. The molecule has 0 bridgehead atoms. The molecular weight excluding hydrogens is 258 g/mol. The minimum absolute atomic E-state index is 0.141. The van der Waals surface area contributed by atoms with Crippen LogP contribution >= 0.6 is 0 Å². The standard InChI is InChI=1S/C14H23N3O3/c18-13(16-10-4-2-1-3-5-10)15-8-12-9-17(11-6-7-11)14(19)20-12/h10-12H,1-9H2,(H2,15,16,18). The Bertz CT molecular complexity index is 378. The normalized spacial score (nSPS) is 27.3. The number of carbonyl (C=O) groups excluding carboxylic acids is 2. The van der Waals surface area contributed by atoms with Gasteiger partial charge in [0.25, 0.3) is 0 Å². The summed E-state index contributed by atoms with van der Waals surface area (Å²) in [6.07, 6.45) is 7.53. The second-order valence-electron chi connectivity index (χ2n) is 6.08. The van der Waals surface area contributed by atoms with Crippen molar-refractivity contribution in [2.75, 3.05) is 13.1 Å². The summed E-state index contributed by atoms with van der Waals surface area (Å²) < 4.78 is 5.26. The van der Waals surface area contributed by atoms with Crippen LogP contribution in [0.1, 0.15) is 44.9 Å². The molecule has 0 spiro atoms. The summed E-state index contributed by atoms with van der Waals surface area (Å²) in [5.41, 5.74) is 0. The molecule has 2 N–H and O–H groups in total. The number of hydrogen-bond donors (Lipinski definition) is 2. The second kappa shape index (κ2) is 5.89. The van der Waals surface area contributed by atoms with Crippen LogP contribution in [0.4, 0.5) is 9.59 Å². The molecule has 3 rings (SSSR count). The lowest BCUT2D eigenvalue weighted by atomic mass is 9.96. The van der Waals surface area contributed by atoms with Gasteiger partial charge in [0.2, 0.25) is 0 Å².